The Morgan fingerprint density at radius 2 is 2.25 bits per heavy atom. The van der Waals surface area contributed by atoms with Gasteiger partial charge in [-0.25, -0.2) is 4.98 Å². The summed E-state index contributed by atoms with van der Waals surface area (Å²) in [6.07, 6.45) is 3.13. The van der Waals surface area contributed by atoms with Gasteiger partial charge >= 0.3 is 0 Å². The molecule has 0 bridgehead atoms. The van der Waals surface area contributed by atoms with Gasteiger partial charge in [0.1, 0.15) is 5.69 Å². The van der Waals surface area contributed by atoms with Crippen molar-refractivity contribution in [2.75, 3.05) is 6.54 Å². The molecule has 20 heavy (non-hydrogen) atoms. The summed E-state index contributed by atoms with van der Waals surface area (Å²) in [5.41, 5.74) is 7.74. The minimum absolute atomic E-state index is 0.161. The third-order valence-corrected chi connectivity index (χ3v) is 2.83. The number of rotatable bonds is 3. The van der Waals surface area contributed by atoms with Gasteiger partial charge in [-0.1, -0.05) is 30.0 Å². The summed E-state index contributed by atoms with van der Waals surface area (Å²) in [5, 5.41) is 2.86. The van der Waals surface area contributed by atoms with Gasteiger partial charge in [0.2, 0.25) is 0 Å². The molecule has 1 amide bonds. The van der Waals surface area contributed by atoms with E-state index in [1.807, 2.05) is 24.3 Å². The molecule has 0 aliphatic carbocycles. The van der Waals surface area contributed by atoms with Crippen molar-refractivity contribution in [1.82, 2.24) is 14.9 Å². The highest BCUT2D eigenvalue weighted by atomic mass is 16.1. The number of benzene rings is 1. The normalized spacial score (nSPS) is 9.70. The predicted octanol–water partition coefficient (Wildman–Crippen LogP) is 0.660. The van der Waals surface area contributed by atoms with Crippen molar-refractivity contribution < 1.29 is 4.79 Å². The fourth-order valence-electron chi connectivity index (χ4n) is 1.78. The number of aromatic nitrogens is 2. The molecule has 0 spiro atoms. The van der Waals surface area contributed by atoms with Crippen LogP contribution in [0.4, 0.5) is 0 Å². The smallest absolute Gasteiger partial charge is 0.269 e. The molecule has 5 heteroatoms. The first-order valence-electron chi connectivity index (χ1n) is 6.23. The molecule has 2 aromatic rings. The summed E-state index contributed by atoms with van der Waals surface area (Å²) >= 11 is 0. The van der Waals surface area contributed by atoms with Gasteiger partial charge in [0.05, 0.1) is 19.1 Å². The van der Waals surface area contributed by atoms with Crippen LogP contribution in [0.15, 0.2) is 36.8 Å². The van der Waals surface area contributed by atoms with E-state index in [-0.39, 0.29) is 5.91 Å². The van der Waals surface area contributed by atoms with Gasteiger partial charge in [0.15, 0.2) is 0 Å². The molecule has 0 atom stereocenters. The summed E-state index contributed by atoms with van der Waals surface area (Å²) in [4.78, 5) is 15.9. The Balaban J connectivity index is 2.08. The zero-order chi connectivity index (χ0) is 14.4. The molecule has 1 heterocycles. The van der Waals surface area contributed by atoms with Crippen LogP contribution in [-0.2, 0) is 13.6 Å². The third-order valence-electron chi connectivity index (χ3n) is 2.83. The Labute approximate surface area is 117 Å². The quantitative estimate of drug-likeness (QED) is 0.803. The van der Waals surface area contributed by atoms with E-state index in [1.54, 1.807) is 17.9 Å². The maximum Gasteiger partial charge on any atom is 0.269 e. The lowest BCUT2D eigenvalue weighted by atomic mass is 10.1. The maximum atomic E-state index is 12.0. The number of amides is 1. The van der Waals surface area contributed by atoms with E-state index in [4.69, 9.17) is 5.73 Å². The molecule has 0 saturated carbocycles. The molecule has 0 saturated heterocycles. The third kappa shape index (κ3) is 3.25. The standard InChI is InChI=1S/C15H16N4O/c1-19-11-17-10-14(19)15(20)18-9-13-6-3-2-5-12(13)7-4-8-16/h2-3,5-6,10-11H,8-9,16H2,1H3,(H,18,20). The number of carbonyl (C=O) groups is 1. The first-order valence-corrected chi connectivity index (χ1v) is 6.23. The Hall–Kier alpha value is -2.58. The second kappa shape index (κ2) is 6.55. The van der Waals surface area contributed by atoms with Crippen LogP contribution in [0.1, 0.15) is 21.6 Å². The molecular formula is C15H16N4O. The zero-order valence-electron chi connectivity index (χ0n) is 11.3. The van der Waals surface area contributed by atoms with E-state index in [2.05, 4.69) is 22.1 Å². The van der Waals surface area contributed by atoms with Crippen LogP contribution in [0.2, 0.25) is 0 Å². The van der Waals surface area contributed by atoms with Crippen molar-refractivity contribution in [3.63, 3.8) is 0 Å². The molecule has 2 rings (SSSR count). The largest absolute Gasteiger partial charge is 0.347 e. The summed E-state index contributed by atoms with van der Waals surface area (Å²) in [6, 6.07) is 7.67. The molecule has 0 unspecified atom stereocenters. The Bertz CT molecular complexity index is 664. The molecule has 1 aromatic carbocycles. The number of nitrogens with two attached hydrogens (primary N) is 1. The van der Waals surface area contributed by atoms with Crippen LogP contribution in [-0.4, -0.2) is 22.0 Å². The minimum atomic E-state index is -0.161. The molecule has 0 aliphatic rings. The van der Waals surface area contributed by atoms with Gasteiger partial charge in [0, 0.05) is 19.2 Å². The summed E-state index contributed by atoms with van der Waals surface area (Å²) in [7, 11) is 1.78. The van der Waals surface area contributed by atoms with Gasteiger partial charge in [-0.3, -0.25) is 4.79 Å². The lowest BCUT2D eigenvalue weighted by molar-refractivity contribution is 0.0942. The molecule has 1 aromatic heterocycles. The fourth-order valence-corrected chi connectivity index (χ4v) is 1.78. The van der Waals surface area contributed by atoms with Crippen molar-refractivity contribution in [2.45, 2.75) is 6.54 Å². The zero-order valence-corrected chi connectivity index (χ0v) is 11.3. The fraction of sp³-hybridized carbons (Fsp3) is 0.200. The van der Waals surface area contributed by atoms with E-state index in [0.29, 0.717) is 18.8 Å². The lowest BCUT2D eigenvalue weighted by Crippen LogP contribution is -2.25. The molecule has 0 fully saturated rings. The molecule has 0 aliphatic heterocycles. The Morgan fingerprint density at radius 1 is 1.45 bits per heavy atom. The van der Waals surface area contributed by atoms with Crippen molar-refractivity contribution >= 4 is 5.91 Å². The second-order valence-corrected chi connectivity index (χ2v) is 4.24. The average molecular weight is 268 g/mol. The van der Waals surface area contributed by atoms with E-state index in [1.165, 1.54) is 6.20 Å². The van der Waals surface area contributed by atoms with Crippen molar-refractivity contribution in [1.29, 1.82) is 0 Å². The average Bonchev–Trinajstić information content (AvgIpc) is 2.89. The van der Waals surface area contributed by atoms with Gasteiger partial charge < -0.3 is 15.6 Å². The van der Waals surface area contributed by atoms with E-state index < -0.39 is 0 Å². The predicted molar refractivity (Wildman–Crippen MR) is 76.8 cm³/mol. The summed E-state index contributed by atoms with van der Waals surface area (Å²) in [5.74, 6) is 5.66. The van der Waals surface area contributed by atoms with Crippen LogP contribution in [0.3, 0.4) is 0 Å². The van der Waals surface area contributed by atoms with Gasteiger partial charge in [-0.15, -0.1) is 0 Å². The van der Waals surface area contributed by atoms with Crippen LogP contribution in [0, 0.1) is 11.8 Å². The Kier molecular flexibility index (Phi) is 4.53. The van der Waals surface area contributed by atoms with Crippen LogP contribution >= 0.6 is 0 Å². The SMILES string of the molecule is Cn1cncc1C(=O)NCc1ccccc1C#CCN. The van der Waals surface area contributed by atoms with Crippen LogP contribution < -0.4 is 11.1 Å². The monoisotopic (exact) mass is 268 g/mol. The summed E-state index contributed by atoms with van der Waals surface area (Å²) in [6.45, 7) is 0.731. The first kappa shape index (κ1) is 13.8. The van der Waals surface area contributed by atoms with Crippen molar-refractivity contribution in [3.8, 4) is 11.8 Å². The molecule has 5 nitrogen and oxygen atoms in total. The minimum Gasteiger partial charge on any atom is -0.347 e. The van der Waals surface area contributed by atoms with Crippen LogP contribution in [0.25, 0.3) is 0 Å². The second-order valence-electron chi connectivity index (χ2n) is 4.24. The molecule has 0 radical (unpaired) electrons. The van der Waals surface area contributed by atoms with Gasteiger partial charge in [-0.05, 0) is 11.6 Å². The maximum absolute atomic E-state index is 12.0. The highest BCUT2D eigenvalue weighted by molar-refractivity contribution is 5.92. The first-order chi connectivity index (χ1) is 9.72. The number of carbonyl (C=O) groups excluding carboxylic acids is 1. The lowest BCUT2D eigenvalue weighted by Gasteiger charge is -2.07. The highest BCUT2D eigenvalue weighted by Gasteiger charge is 2.09. The number of hydrogen-bond donors (Lipinski definition) is 2. The van der Waals surface area contributed by atoms with E-state index >= 15 is 0 Å². The van der Waals surface area contributed by atoms with Crippen molar-refractivity contribution in [2.24, 2.45) is 12.8 Å². The molecule has 3 N–H and O–H groups in total. The Morgan fingerprint density at radius 3 is 2.95 bits per heavy atom. The van der Waals surface area contributed by atoms with Gasteiger partial charge in [-0.2, -0.15) is 0 Å². The molecule has 102 valence electrons. The number of hydrogen-bond acceptors (Lipinski definition) is 3. The topological polar surface area (TPSA) is 72.9 Å². The summed E-state index contributed by atoms with van der Waals surface area (Å²) < 4.78 is 1.68. The van der Waals surface area contributed by atoms with E-state index in [0.717, 1.165) is 11.1 Å². The van der Waals surface area contributed by atoms with Crippen molar-refractivity contribution in [3.05, 3.63) is 53.6 Å². The number of nitrogens with one attached hydrogen (secondary N) is 1. The molecular weight excluding hydrogens is 252 g/mol. The highest BCUT2D eigenvalue weighted by Crippen LogP contribution is 2.07. The van der Waals surface area contributed by atoms with E-state index in [9.17, 15) is 4.79 Å². The van der Waals surface area contributed by atoms with Gasteiger partial charge in [0.25, 0.3) is 5.91 Å². The number of imidazole rings is 1. The number of aryl methyl sites for hydroxylation is 1. The number of nitrogens with zero attached hydrogens (tertiary/aromatic N) is 2. The van der Waals surface area contributed by atoms with Crippen LogP contribution in [0.5, 0.6) is 0 Å².